The number of benzene rings is 1. The predicted molar refractivity (Wildman–Crippen MR) is 102 cm³/mol. The van der Waals surface area contributed by atoms with Gasteiger partial charge in [-0.25, -0.2) is 4.79 Å². The molecule has 2 aliphatic heterocycles. The summed E-state index contributed by atoms with van der Waals surface area (Å²) in [6, 6.07) is 7.89. The Morgan fingerprint density at radius 1 is 1.11 bits per heavy atom. The van der Waals surface area contributed by atoms with Crippen LogP contribution in [-0.4, -0.2) is 81.2 Å². The molecule has 3 rings (SSSR count). The minimum absolute atomic E-state index is 0.0162. The van der Waals surface area contributed by atoms with Crippen molar-refractivity contribution in [1.29, 1.82) is 0 Å². The quantitative estimate of drug-likeness (QED) is 0.788. The number of rotatable bonds is 5. The third-order valence-electron chi connectivity index (χ3n) is 5.62. The molecule has 1 aromatic rings. The van der Waals surface area contributed by atoms with Crippen molar-refractivity contribution in [1.82, 2.24) is 14.7 Å². The van der Waals surface area contributed by atoms with E-state index in [2.05, 4.69) is 0 Å². The van der Waals surface area contributed by atoms with Gasteiger partial charge in [0.05, 0.1) is 26.2 Å². The fourth-order valence-electron chi connectivity index (χ4n) is 4.28. The molecule has 0 aromatic heterocycles. The maximum Gasteiger partial charge on any atom is 0.320 e. The highest BCUT2D eigenvalue weighted by Gasteiger charge is 2.50. The lowest BCUT2D eigenvalue weighted by molar-refractivity contribution is -0.131. The average molecular weight is 375 g/mol. The molecular formula is C20H29N3O4. The van der Waals surface area contributed by atoms with E-state index in [1.807, 2.05) is 34.1 Å². The van der Waals surface area contributed by atoms with E-state index in [1.54, 1.807) is 33.2 Å². The normalized spacial score (nSPS) is 24.1. The largest absolute Gasteiger partial charge is 0.497 e. The molecule has 0 aliphatic carbocycles. The fraction of sp³-hybridized carbons (Fsp3) is 0.600. The lowest BCUT2D eigenvalue weighted by Crippen LogP contribution is -2.42. The van der Waals surface area contributed by atoms with Gasteiger partial charge in [-0.05, 0) is 17.7 Å². The van der Waals surface area contributed by atoms with Gasteiger partial charge >= 0.3 is 6.03 Å². The average Bonchev–Trinajstić information content (AvgIpc) is 3.23. The zero-order valence-electron chi connectivity index (χ0n) is 16.6. The SMILES string of the molecule is COCCC(=O)N1C[C@@H]2CN(C(=O)N(C)C)[C@@H](c3ccc(OC)cc3)[C@@H]2C1. The molecule has 27 heavy (non-hydrogen) atoms. The second kappa shape index (κ2) is 8.17. The number of urea groups is 1. The first-order valence-corrected chi connectivity index (χ1v) is 9.34. The van der Waals surface area contributed by atoms with Crippen molar-refractivity contribution in [3.05, 3.63) is 29.8 Å². The van der Waals surface area contributed by atoms with E-state index in [0.29, 0.717) is 38.6 Å². The summed E-state index contributed by atoms with van der Waals surface area (Å²) in [7, 11) is 6.81. The number of hydrogen-bond acceptors (Lipinski definition) is 4. The van der Waals surface area contributed by atoms with Crippen LogP contribution < -0.4 is 4.74 Å². The number of amides is 3. The van der Waals surface area contributed by atoms with E-state index < -0.39 is 0 Å². The number of carbonyl (C=O) groups is 2. The standard InChI is InChI=1S/C20H29N3O4/c1-21(2)20(25)23-12-15-11-22(18(24)9-10-26-3)13-17(15)19(23)14-5-7-16(27-4)8-6-14/h5-8,15,17,19H,9-13H2,1-4H3/t15-,17-,19+/m1/s1. The lowest BCUT2D eigenvalue weighted by atomic mass is 9.89. The number of ether oxygens (including phenoxy) is 2. The van der Waals surface area contributed by atoms with Crippen molar-refractivity contribution in [2.75, 3.05) is 54.6 Å². The van der Waals surface area contributed by atoms with Crippen LogP contribution in [0.25, 0.3) is 0 Å². The van der Waals surface area contributed by atoms with Crippen LogP contribution in [0.15, 0.2) is 24.3 Å². The number of carbonyl (C=O) groups excluding carboxylic acids is 2. The molecule has 0 saturated carbocycles. The van der Waals surface area contributed by atoms with Crippen LogP contribution >= 0.6 is 0 Å². The third-order valence-corrected chi connectivity index (χ3v) is 5.62. The van der Waals surface area contributed by atoms with Crippen LogP contribution in [0.5, 0.6) is 5.75 Å². The van der Waals surface area contributed by atoms with Crippen molar-refractivity contribution >= 4 is 11.9 Å². The van der Waals surface area contributed by atoms with Crippen LogP contribution in [-0.2, 0) is 9.53 Å². The Kier molecular flexibility index (Phi) is 5.89. The molecule has 2 fully saturated rings. The van der Waals surface area contributed by atoms with Gasteiger partial charge in [-0.1, -0.05) is 12.1 Å². The topological polar surface area (TPSA) is 62.3 Å². The van der Waals surface area contributed by atoms with Crippen LogP contribution in [0.3, 0.4) is 0 Å². The van der Waals surface area contributed by atoms with Gasteiger partial charge in [0.25, 0.3) is 0 Å². The maximum absolute atomic E-state index is 12.8. The molecule has 2 heterocycles. The molecule has 2 aliphatic rings. The lowest BCUT2D eigenvalue weighted by Gasteiger charge is -2.32. The number of hydrogen-bond donors (Lipinski definition) is 0. The van der Waals surface area contributed by atoms with E-state index in [1.165, 1.54) is 0 Å². The zero-order chi connectivity index (χ0) is 19.6. The van der Waals surface area contributed by atoms with Gasteiger partial charge in [0.15, 0.2) is 0 Å². The minimum atomic E-state index is -0.0315. The Morgan fingerprint density at radius 3 is 2.41 bits per heavy atom. The summed E-state index contributed by atoms with van der Waals surface area (Å²) in [5, 5.41) is 0. The highest BCUT2D eigenvalue weighted by molar-refractivity contribution is 5.77. The molecule has 0 radical (unpaired) electrons. The Morgan fingerprint density at radius 2 is 1.81 bits per heavy atom. The molecule has 2 saturated heterocycles. The first kappa shape index (κ1) is 19.5. The highest BCUT2D eigenvalue weighted by Crippen LogP contribution is 2.45. The van der Waals surface area contributed by atoms with Gasteiger partial charge in [-0.2, -0.15) is 0 Å². The van der Waals surface area contributed by atoms with E-state index in [4.69, 9.17) is 9.47 Å². The van der Waals surface area contributed by atoms with Crippen molar-refractivity contribution in [3.8, 4) is 5.75 Å². The predicted octanol–water partition coefficient (Wildman–Crippen LogP) is 1.84. The van der Waals surface area contributed by atoms with Gasteiger partial charge < -0.3 is 24.2 Å². The molecule has 0 N–H and O–H groups in total. The molecule has 3 amide bonds. The van der Waals surface area contributed by atoms with Crippen LogP contribution in [0.4, 0.5) is 4.79 Å². The van der Waals surface area contributed by atoms with Crippen LogP contribution in [0.2, 0.25) is 0 Å². The molecule has 0 unspecified atom stereocenters. The fourth-order valence-corrected chi connectivity index (χ4v) is 4.28. The summed E-state index contributed by atoms with van der Waals surface area (Å²) in [6.45, 7) is 2.50. The molecule has 0 bridgehead atoms. The Bertz CT molecular complexity index is 676. The molecule has 0 spiro atoms. The van der Waals surface area contributed by atoms with Gasteiger partial charge in [-0.15, -0.1) is 0 Å². The second-order valence-electron chi connectivity index (χ2n) is 7.51. The number of methoxy groups -OCH3 is 2. The van der Waals surface area contributed by atoms with Crippen LogP contribution in [0, 0.1) is 11.8 Å². The Balaban J connectivity index is 1.83. The molecule has 148 valence electrons. The van der Waals surface area contributed by atoms with Gasteiger partial charge in [0.1, 0.15) is 5.75 Å². The van der Waals surface area contributed by atoms with E-state index >= 15 is 0 Å². The summed E-state index contributed by atoms with van der Waals surface area (Å²) in [5.41, 5.74) is 1.09. The van der Waals surface area contributed by atoms with Crippen LogP contribution in [0.1, 0.15) is 18.0 Å². The highest BCUT2D eigenvalue weighted by atomic mass is 16.5. The summed E-state index contributed by atoms with van der Waals surface area (Å²) in [6.07, 6.45) is 0.406. The molecule has 3 atom stereocenters. The smallest absolute Gasteiger partial charge is 0.320 e. The monoisotopic (exact) mass is 375 g/mol. The maximum atomic E-state index is 12.8. The number of likely N-dealkylation sites (tertiary alicyclic amines) is 2. The van der Waals surface area contributed by atoms with Crippen molar-refractivity contribution in [3.63, 3.8) is 0 Å². The van der Waals surface area contributed by atoms with Crippen molar-refractivity contribution in [2.45, 2.75) is 12.5 Å². The van der Waals surface area contributed by atoms with Gasteiger partial charge in [0, 0.05) is 52.7 Å². The summed E-state index contributed by atoms with van der Waals surface area (Å²) in [4.78, 5) is 30.7. The van der Waals surface area contributed by atoms with E-state index in [9.17, 15) is 9.59 Å². The van der Waals surface area contributed by atoms with Crippen molar-refractivity contribution < 1.29 is 19.1 Å². The molecular weight excluding hydrogens is 346 g/mol. The van der Waals surface area contributed by atoms with E-state index in [0.717, 1.165) is 11.3 Å². The second-order valence-corrected chi connectivity index (χ2v) is 7.51. The number of fused-ring (bicyclic) bond motifs is 1. The molecule has 7 heteroatoms. The van der Waals surface area contributed by atoms with E-state index in [-0.39, 0.29) is 23.9 Å². The number of nitrogens with zero attached hydrogens (tertiary/aromatic N) is 3. The molecule has 7 nitrogen and oxygen atoms in total. The Labute approximate surface area is 160 Å². The summed E-state index contributed by atoms with van der Waals surface area (Å²) < 4.78 is 10.3. The summed E-state index contributed by atoms with van der Waals surface area (Å²) in [5.74, 6) is 1.47. The first-order chi connectivity index (χ1) is 13.0. The van der Waals surface area contributed by atoms with Gasteiger partial charge in [-0.3, -0.25) is 4.79 Å². The first-order valence-electron chi connectivity index (χ1n) is 9.34. The minimum Gasteiger partial charge on any atom is -0.497 e. The molecule has 1 aromatic carbocycles. The third kappa shape index (κ3) is 3.88. The zero-order valence-corrected chi connectivity index (χ0v) is 16.6. The summed E-state index contributed by atoms with van der Waals surface area (Å²) >= 11 is 0. The Hall–Kier alpha value is -2.28. The van der Waals surface area contributed by atoms with Crippen molar-refractivity contribution in [2.24, 2.45) is 11.8 Å². The van der Waals surface area contributed by atoms with Gasteiger partial charge in [0.2, 0.25) is 5.91 Å².